The van der Waals surface area contributed by atoms with Crippen molar-refractivity contribution in [3.63, 3.8) is 0 Å². The molecular weight excluding hydrogens is 454 g/mol. The molecule has 2 unspecified atom stereocenters. The standard InChI is InChI=1S/C28H29N5O3/c1-18-25(19(2)32(30-18)17-20-9-4-3-5-10-20)16-29-26(34)21-11-8-12-22(15-21)33-28(36)24-14-7-6-13-23(24)27(35)31-33/h3-12,15,23-24H,13-14,16-17H2,1-2H3,(H,29,34)(H,31,35). The molecule has 1 aromatic heterocycles. The van der Waals surface area contributed by atoms with Crippen molar-refractivity contribution in [3.8, 4) is 0 Å². The maximum absolute atomic E-state index is 13.1. The van der Waals surface area contributed by atoms with Gasteiger partial charge in [0.25, 0.3) is 5.91 Å². The summed E-state index contributed by atoms with van der Waals surface area (Å²) in [5, 5.41) is 8.91. The molecule has 2 N–H and O–H groups in total. The van der Waals surface area contributed by atoms with Gasteiger partial charge in [-0.05, 0) is 50.5 Å². The number of nitrogens with one attached hydrogen (secondary N) is 2. The van der Waals surface area contributed by atoms with Crippen molar-refractivity contribution in [1.29, 1.82) is 0 Å². The van der Waals surface area contributed by atoms with E-state index < -0.39 is 0 Å². The first-order valence-electron chi connectivity index (χ1n) is 12.2. The molecule has 5 rings (SSSR count). The summed E-state index contributed by atoms with van der Waals surface area (Å²) in [6, 6.07) is 16.9. The minimum Gasteiger partial charge on any atom is -0.348 e. The van der Waals surface area contributed by atoms with Gasteiger partial charge in [-0.25, -0.2) is 5.01 Å². The Morgan fingerprint density at radius 1 is 1.03 bits per heavy atom. The zero-order valence-electron chi connectivity index (χ0n) is 20.4. The third kappa shape index (κ3) is 4.54. The molecule has 1 aliphatic carbocycles. The van der Waals surface area contributed by atoms with Gasteiger partial charge in [-0.3, -0.25) is 24.5 Å². The van der Waals surface area contributed by atoms with Crippen LogP contribution in [0.2, 0.25) is 0 Å². The average Bonchev–Trinajstić information content (AvgIpc) is 3.17. The van der Waals surface area contributed by atoms with Crippen LogP contribution in [-0.2, 0) is 22.7 Å². The van der Waals surface area contributed by atoms with E-state index in [0.717, 1.165) is 22.5 Å². The first-order chi connectivity index (χ1) is 17.4. The third-order valence-electron chi connectivity index (χ3n) is 7.03. The molecule has 2 heterocycles. The molecule has 2 atom stereocenters. The fourth-order valence-corrected chi connectivity index (χ4v) is 4.94. The summed E-state index contributed by atoms with van der Waals surface area (Å²) in [4.78, 5) is 38.7. The van der Waals surface area contributed by atoms with Gasteiger partial charge < -0.3 is 5.32 Å². The van der Waals surface area contributed by atoms with Gasteiger partial charge in [-0.1, -0.05) is 48.6 Å². The number of allylic oxidation sites excluding steroid dienone is 2. The highest BCUT2D eigenvalue weighted by molar-refractivity contribution is 6.05. The number of hydrogen-bond acceptors (Lipinski definition) is 4. The van der Waals surface area contributed by atoms with Gasteiger partial charge >= 0.3 is 0 Å². The van der Waals surface area contributed by atoms with Crippen LogP contribution in [0.5, 0.6) is 0 Å². The van der Waals surface area contributed by atoms with Crippen LogP contribution in [0.3, 0.4) is 0 Å². The molecule has 0 spiro atoms. The van der Waals surface area contributed by atoms with Crippen LogP contribution >= 0.6 is 0 Å². The SMILES string of the molecule is Cc1nn(Cc2ccccc2)c(C)c1CNC(=O)c1cccc(N2NC(=O)C3CC=CCC3C2=O)c1. The fourth-order valence-electron chi connectivity index (χ4n) is 4.94. The quantitative estimate of drug-likeness (QED) is 0.525. The van der Waals surface area contributed by atoms with Crippen LogP contribution in [0.25, 0.3) is 0 Å². The lowest BCUT2D eigenvalue weighted by atomic mass is 9.80. The van der Waals surface area contributed by atoms with E-state index in [2.05, 4.69) is 28.0 Å². The van der Waals surface area contributed by atoms with E-state index in [0.29, 0.717) is 37.2 Å². The Kier molecular flexibility index (Phi) is 6.41. The second-order valence-electron chi connectivity index (χ2n) is 9.33. The Hall–Kier alpha value is -4.20. The molecule has 3 amide bonds. The highest BCUT2D eigenvalue weighted by Crippen LogP contribution is 2.32. The highest BCUT2D eigenvalue weighted by Gasteiger charge is 2.42. The molecule has 0 bridgehead atoms. The van der Waals surface area contributed by atoms with Gasteiger partial charge in [0, 0.05) is 23.4 Å². The zero-order chi connectivity index (χ0) is 25.2. The van der Waals surface area contributed by atoms with Crippen molar-refractivity contribution in [1.82, 2.24) is 20.5 Å². The van der Waals surface area contributed by atoms with Gasteiger partial charge in [0.15, 0.2) is 0 Å². The number of benzene rings is 2. The molecule has 2 aromatic carbocycles. The molecule has 0 saturated carbocycles. The molecule has 8 nitrogen and oxygen atoms in total. The molecule has 1 aliphatic heterocycles. The molecule has 2 aliphatic rings. The number of anilines is 1. The molecular formula is C28H29N5O3. The average molecular weight is 484 g/mol. The van der Waals surface area contributed by atoms with E-state index in [-0.39, 0.29) is 29.6 Å². The Morgan fingerprint density at radius 3 is 2.56 bits per heavy atom. The number of carbonyl (C=O) groups is 3. The van der Waals surface area contributed by atoms with E-state index in [1.165, 1.54) is 5.01 Å². The lowest BCUT2D eigenvalue weighted by Gasteiger charge is -2.38. The first-order valence-corrected chi connectivity index (χ1v) is 12.2. The summed E-state index contributed by atoms with van der Waals surface area (Å²) in [5.41, 5.74) is 7.60. The molecule has 3 aromatic rings. The normalized spacial score (nSPS) is 19.1. The van der Waals surface area contributed by atoms with Crippen LogP contribution in [0.1, 0.15) is 45.7 Å². The summed E-state index contributed by atoms with van der Waals surface area (Å²) in [7, 11) is 0. The van der Waals surface area contributed by atoms with E-state index in [1.807, 2.05) is 48.9 Å². The van der Waals surface area contributed by atoms with Gasteiger partial charge in [0.1, 0.15) is 0 Å². The summed E-state index contributed by atoms with van der Waals surface area (Å²) < 4.78 is 1.95. The first kappa shape index (κ1) is 23.5. The predicted octanol–water partition coefficient (Wildman–Crippen LogP) is 3.44. The third-order valence-corrected chi connectivity index (χ3v) is 7.03. The van der Waals surface area contributed by atoms with Crippen LogP contribution in [0.4, 0.5) is 5.69 Å². The summed E-state index contributed by atoms with van der Waals surface area (Å²) in [6.45, 7) is 4.94. The number of hydrogen-bond donors (Lipinski definition) is 2. The molecule has 0 radical (unpaired) electrons. The Bertz CT molecular complexity index is 1340. The van der Waals surface area contributed by atoms with Crippen molar-refractivity contribution in [2.24, 2.45) is 11.8 Å². The zero-order valence-corrected chi connectivity index (χ0v) is 20.4. The summed E-state index contributed by atoms with van der Waals surface area (Å²) in [5.74, 6) is -1.30. The molecule has 184 valence electrons. The maximum Gasteiger partial charge on any atom is 0.251 e. The van der Waals surface area contributed by atoms with Crippen molar-refractivity contribution in [2.45, 2.75) is 39.8 Å². The maximum atomic E-state index is 13.1. The Balaban J connectivity index is 1.28. The van der Waals surface area contributed by atoms with E-state index in [1.54, 1.807) is 24.3 Å². The lowest BCUT2D eigenvalue weighted by Crippen LogP contribution is -2.59. The smallest absolute Gasteiger partial charge is 0.251 e. The fraction of sp³-hybridized carbons (Fsp3) is 0.286. The lowest BCUT2D eigenvalue weighted by molar-refractivity contribution is -0.139. The number of hydrazine groups is 1. The molecule has 8 heteroatoms. The number of aromatic nitrogens is 2. The minimum atomic E-state index is -0.375. The van der Waals surface area contributed by atoms with Crippen molar-refractivity contribution in [2.75, 3.05) is 5.01 Å². The van der Waals surface area contributed by atoms with Crippen molar-refractivity contribution in [3.05, 3.63) is 94.8 Å². The van der Waals surface area contributed by atoms with Gasteiger partial charge in [0.2, 0.25) is 11.8 Å². The number of nitrogens with zero attached hydrogens (tertiary/aromatic N) is 3. The topological polar surface area (TPSA) is 96.3 Å². The second-order valence-corrected chi connectivity index (χ2v) is 9.33. The van der Waals surface area contributed by atoms with Gasteiger partial charge in [-0.15, -0.1) is 0 Å². The van der Waals surface area contributed by atoms with Gasteiger partial charge in [-0.2, -0.15) is 5.10 Å². The van der Waals surface area contributed by atoms with Crippen molar-refractivity contribution < 1.29 is 14.4 Å². The monoisotopic (exact) mass is 483 g/mol. The minimum absolute atomic E-state index is 0.154. The second kappa shape index (κ2) is 9.81. The molecule has 36 heavy (non-hydrogen) atoms. The molecule has 1 fully saturated rings. The van der Waals surface area contributed by atoms with E-state index in [9.17, 15) is 14.4 Å². The largest absolute Gasteiger partial charge is 0.348 e. The number of amides is 3. The summed E-state index contributed by atoms with van der Waals surface area (Å²) in [6.07, 6.45) is 5.01. The van der Waals surface area contributed by atoms with Crippen LogP contribution in [0, 0.1) is 25.7 Å². The van der Waals surface area contributed by atoms with Gasteiger partial charge in [0.05, 0.1) is 29.8 Å². The van der Waals surface area contributed by atoms with Crippen LogP contribution in [0.15, 0.2) is 66.7 Å². The number of rotatable bonds is 6. The Labute approximate surface area is 210 Å². The number of aryl methyl sites for hydroxylation is 1. The predicted molar refractivity (Wildman–Crippen MR) is 136 cm³/mol. The number of fused-ring (bicyclic) bond motifs is 1. The Morgan fingerprint density at radius 2 is 1.78 bits per heavy atom. The number of carbonyl (C=O) groups excluding carboxylic acids is 3. The van der Waals surface area contributed by atoms with Crippen molar-refractivity contribution >= 4 is 23.4 Å². The van der Waals surface area contributed by atoms with Crippen LogP contribution in [-0.4, -0.2) is 27.5 Å². The van der Waals surface area contributed by atoms with E-state index >= 15 is 0 Å². The molecule has 1 saturated heterocycles. The summed E-state index contributed by atoms with van der Waals surface area (Å²) >= 11 is 0. The highest BCUT2D eigenvalue weighted by atomic mass is 16.2. The van der Waals surface area contributed by atoms with E-state index in [4.69, 9.17) is 0 Å². The van der Waals surface area contributed by atoms with Crippen LogP contribution < -0.4 is 15.8 Å².